The number of rotatable bonds is 5. The van der Waals surface area contributed by atoms with E-state index >= 15 is 0 Å². The second-order valence-corrected chi connectivity index (χ2v) is 7.21. The van der Waals surface area contributed by atoms with Crippen molar-refractivity contribution in [1.29, 1.82) is 5.26 Å². The van der Waals surface area contributed by atoms with E-state index in [1.165, 1.54) is 25.4 Å². The molecule has 3 unspecified atom stereocenters. The number of nitriles is 1. The van der Waals surface area contributed by atoms with E-state index in [-0.39, 0.29) is 11.8 Å². The third kappa shape index (κ3) is 5.04. The summed E-state index contributed by atoms with van der Waals surface area (Å²) in [7, 11) is 2.16. The maximum absolute atomic E-state index is 10.4. The van der Waals surface area contributed by atoms with E-state index in [0.29, 0.717) is 24.0 Å². The third-order valence-electron chi connectivity index (χ3n) is 5.34. The molecular formula is C19H25N7O2. The standard InChI is InChI=1S/C14H14N6O2.C5H11N/c15-5-10-6-17-14(7-16-10)18-13-4-12(19-20-13)9-1-2-11(3-9)22-8-21;1-5-3-4-6(5)2/h4,6-9,11H,1-3H2,(H2,17,18,19,20);5H,3-4H2,1-2H3. The van der Waals surface area contributed by atoms with Gasteiger partial charge in [-0.05, 0) is 46.2 Å². The van der Waals surface area contributed by atoms with Crippen LogP contribution in [-0.2, 0) is 9.53 Å². The molecule has 28 heavy (non-hydrogen) atoms. The minimum atomic E-state index is -0.00778. The molecule has 148 valence electrons. The maximum Gasteiger partial charge on any atom is 0.293 e. The second kappa shape index (κ2) is 9.28. The first kappa shape index (κ1) is 19.8. The Labute approximate surface area is 164 Å². The minimum absolute atomic E-state index is 0.00778. The molecule has 0 aromatic carbocycles. The molecule has 9 nitrogen and oxygen atoms in total. The van der Waals surface area contributed by atoms with E-state index in [9.17, 15) is 4.79 Å². The van der Waals surface area contributed by atoms with Crippen molar-refractivity contribution in [3.05, 3.63) is 29.8 Å². The first-order valence-electron chi connectivity index (χ1n) is 9.43. The normalized spacial score (nSPS) is 23.7. The van der Waals surface area contributed by atoms with Crippen molar-refractivity contribution in [1.82, 2.24) is 25.1 Å². The fraction of sp³-hybridized carbons (Fsp3) is 0.526. The van der Waals surface area contributed by atoms with Crippen LogP contribution in [0, 0.1) is 11.3 Å². The van der Waals surface area contributed by atoms with Gasteiger partial charge in [-0.1, -0.05) is 0 Å². The largest absolute Gasteiger partial charge is 0.465 e. The van der Waals surface area contributed by atoms with E-state index in [2.05, 4.69) is 44.4 Å². The zero-order valence-corrected chi connectivity index (χ0v) is 16.1. The van der Waals surface area contributed by atoms with Crippen molar-refractivity contribution >= 4 is 18.1 Å². The molecule has 0 radical (unpaired) electrons. The predicted molar refractivity (Wildman–Crippen MR) is 103 cm³/mol. The Kier molecular flexibility index (Phi) is 6.55. The zero-order valence-electron chi connectivity index (χ0n) is 16.1. The molecule has 9 heteroatoms. The molecule has 2 aliphatic rings. The SMILES string of the molecule is CC1CCN1C.N#Cc1cnc(Nc2cc(C3CCC(OC=O)C3)[nH]n2)cn1. The van der Waals surface area contributed by atoms with Gasteiger partial charge in [0.2, 0.25) is 0 Å². The highest BCUT2D eigenvalue weighted by Gasteiger charge is 2.28. The molecule has 2 aromatic rings. The van der Waals surface area contributed by atoms with Gasteiger partial charge in [0.05, 0.1) is 12.4 Å². The first-order valence-corrected chi connectivity index (χ1v) is 9.43. The molecule has 0 amide bonds. The lowest BCUT2D eigenvalue weighted by Crippen LogP contribution is -2.41. The smallest absolute Gasteiger partial charge is 0.293 e. The van der Waals surface area contributed by atoms with Crippen molar-refractivity contribution < 1.29 is 9.53 Å². The van der Waals surface area contributed by atoms with Crippen LogP contribution in [0.4, 0.5) is 11.6 Å². The van der Waals surface area contributed by atoms with Gasteiger partial charge in [0.25, 0.3) is 6.47 Å². The summed E-state index contributed by atoms with van der Waals surface area (Å²) < 4.78 is 5.00. The van der Waals surface area contributed by atoms with Gasteiger partial charge >= 0.3 is 0 Å². The third-order valence-corrected chi connectivity index (χ3v) is 5.34. The molecule has 2 aromatic heterocycles. The second-order valence-electron chi connectivity index (χ2n) is 7.21. The van der Waals surface area contributed by atoms with Gasteiger partial charge in [0, 0.05) is 23.7 Å². The molecule has 0 bridgehead atoms. The van der Waals surface area contributed by atoms with Gasteiger partial charge in [-0.3, -0.25) is 9.89 Å². The topological polar surface area (TPSA) is 120 Å². The van der Waals surface area contributed by atoms with Crippen LogP contribution in [0.25, 0.3) is 0 Å². The van der Waals surface area contributed by atoms with Crippen LogP contribution in [0.5, 0.6) is 0 Å². The quantitative estimate of drug-likeness (QED) is 0.755. The Hall–Kier alpha value is -2.99. The van der Waals surface area contributed by atoms with Gasteiger partial charge in [-0.2, -0.15) is 10.4 Å². The number of likely N-dealkylation sites (tertiary alicyclic amines) is 1. The van der Waals surface area contributed by atoms with Crippen LogP contribution >= 0.6 is 0 Å². The molecule has 1 saturated heterocycles. The molecule has 3 heterocycles. The lowest BCUT2D eigenvalue weighted by Gasteiger charge is -2.34. The van der Waals surface area contributed by atoms with Gasteiger partial charge in [-0.25, -0.2) is 9.97 Å². The number of hydrogen-bond acceptors (Lipinski definition) is 8. The van der Waals surface area contributed by atoms with Gasteiger partial charge < -0.3 is 15.0 Å². The molecule has 0 spiro atoms. The molecule has 3 atom stereocenters. The van der Waals surface area contributed by atoms with E-state index in [1.54, 1.807) is 0 Å². The number of nitrogens with zero attached hydrogens (tertiary/aromatic N) is 5. The minimum Gasteiger partial charge on any atom is -0.465 e. The summed E-state index contributed by atoms with van der Waals surface area (Å²) in [5.74, 6) is 1.46. The number of aromatic amines is 1. The number of aromatic nitrogens is 4. The molecule has 1 saturated carbocycles. The van der Waals surface area contributed by atoms with Crippen molar-refractivity contribution in [3.63, 3.8) is 0 Å². The van der Waals surface area contributed by atoms with Crippen LogP contribution < -0.4 is 5.32 Å². The monoisotopic (exact) mass is 383 g/mol. The Morgan fingerprint density at radius 2 is 2.14 bits per heavy atom. The van der Waals surface area contributed by atoms with Crippen LogP contribution in [0.1, 0.15) is 49.9 Å². The average Bonchev–Trinajstić information content (AvgIpc) is 3.37. The summed E-state index contributed by atoms with van der Waals surface area (Å²) in [5, 5.41) is 18.9. The van der Waals surface area contributed by atoms with Crippen molar-refractivity contribution in [3.8, 4) is 6.07 Å². The van der Waals surface area contributed by atoms with Gasteiger partial charge in [-0.15, -0.1) is 0 Å². The number of H-pyrrole nitrogens is 1. The Morgan fingerprint density at radius 3 is 2.71 bits per heavy atom. The van der Waals surface area contributed by atoms with Gasteiger partial charge in [0.1, 0.15) is 18.0 Å². The number of hydrogen-bond donors (Lipinski definition) is 2. The fourth-order valence-electron chi connectivity index (χ4n) is 3.26. The molecule has 2 fully saturated rings. The van der Waals surface area contributed by atoms with Crippen LogP contribution in [-0.4, -0.2) is 57.3 Å². The summed E-state index contributed by atoms with van der Waals surface area (Å²) >= 11 is 0. The number of carbonyl (C=O) groups is 1. The Bertz CT molecular complexity index is 806. The van der Waals surface area contributed by atoms with Crippen LogP contribution in [0.3, 0.4) is 0 Å². The van der Waals surface area contributed by atoms with E-state index in [4.69, 9.17) is 10.00 Å². The summed E-state index contributed by atoms with van der Waals surface area (Å²) in [5.41, 5.74) is 1.27. The highest BCUT2D eigenvalue weighted by Crippen LogP contribution is 2.35. The van der Waals surface area contributed by atoms with Crippen LogP contribution in [0.15, 0.2) is 18.5 Å². The summed E-state index contributed by atoms with van der Waals surface area (Å²) in [6.07, 6.45) is 6.90. The van der Waals surface area contributed by atoms with Gasteiger partial charge in [0.15, 0.2) is 11.5 Å². The molecule has 2 N–H and O–H groups in total. The molecule has 1 aliphatic heterocycles. The fourth-order valence-corrected chi connectivity index (χ4v) is 3.26. The molecule has 1 aliphatic carbocycles. The lowest BCUT2D eigenvalue weighted by molar-refractivity contribution is -0.133. The van der Waals surface area contributed by atoms with E-state index in [1.807, 2.05) is 12.1 Å². The van der Waals surface area contributed by atoms with E-state index < -0.39 is 0 Å². The number of carbonyl (C=O) groups excluding carboxylic acids is 1. The Morgan fingerprint density at radius 1 is 1.32 bits per heavy atom. The number of ether oxygens (including phenoxy) is 1. The zero-order chi connectivity index (χ0) is 19.9. The number of nitrogens with one attached hydrogen (secondary N) is 2. The number of anilines is 2. The first-order chi connectivity index (χ1) is 13.6. The average molecular weight is 383 g/mol. The van der Waals surface area contributed by atoms with Crippen molar-refractivity contribution in [2.75, 3.05) is 18.9 Å². The van der Waals surface area contributed by atoms with Crippen LogP contribution in [0.2, 0.25) is 0 Å². The Balaban J connectivity index is 0.000000320. The predicted octanol–water partition coefficient (Wildman–Crippen LogP) is 2.33. The highest BCUT2D eigenvalue weighted by molar-refractivity contribution is 5.51. The highest BCUT2D eigenvalue weighted by atomic mass is 16.5. The van der Waals surface area contributed by atoms with Crippen molar-refractivity contribution in [2.45, 2.75) is 50.7 Å². The van der Waals surface area contributed by atoms with E-state index in [0.717, 1.165) is 31.0 Å². The molecular weight excluding hydrogens is 358 g/mol. The lowest BCUT2D eigenvalue weighted by atomic mass is 10.0. The summed E-state index contributed by atoms with van der Waals surface area (Å²) in [6.45, 7) is 4.07. The van der Waals surface area contributed by atoms with Crippen molar-refractivity contribution in [2.24, 2.45) is 0 Å². The molecule has 4 rings (SSSR count). The maximum atomic E-state index is 10.4. The summed E-state index contributed by atoms with van der Waals surface area (Å²) in [4.78, 5) is 20.7. The summed E-state index contributed by atoms with van der Waals surface area (Å²) in [6, 6.07) is 4.69.